The van der Waals surface area contributed by atoms with Crippen molar-refractivity contribution in [1.82, 2.24) is 5.32 Å². The molecule has 1 unspecified atom stereocenters. The van der Waals surface area contributed by atoms with Gasteiger partial charge < -0.3 is 15.4 Å². The van der Waals surface area contributed by atoms with Gasteiger partial charge in [0.1, 0.15) is 6.10 Å². The predicted molar refractivity (Wildman–Crippen MR) is 106 cm³/mol. The van der Waals surface area contributed by atoms with Crippen molar-refractivity contribution in [3.05, 3.63) is 64.2 Å². The van der Waals surface area contributed by atoms with E-state index in [1.54, 1.807) is 12.1 Å². The van der Waals surface area contributed by atoms with Gasteiger partial charge in [0.2, 0.25) is 11.8 Å². The molecule has 3 rings (SSSR count). The highest BCUT2D eigenvalue weighted by atomic mass is 35.5. The molecule has 1 aliphatic rings. The Hall–Kier alpha value is -2.37. The molecule has 142 valence electrons. The van der Waals surface area contributed by atoms with Gasteiger partial charge in [0, 0.05) is 30.1 Å². The minimum atomic E-state index is -0.218. The van der Waals surface area contributed by atoms with E-state index < -0.39 is 0 Å². The first-order valence-corrected chi connectivity index (χ1v) is 9.43. The van der Waals surface area contributed by atoms with Gasteiger partial charge in [-0.15, -0.1) is 0 Å². The van der Waals surface area contributed by atoms with E-state index in [4.69, 9.17) is 16.3 Å². The van der Waals surface area contributed by atoms with E-state index in [0.717, 1.165) is 17.5 Å². The van der Waals surface area contributed by atoms with Crippen LogP contribution in [-0.2, 0) is 20.7 Å². The summed E-state index contributed by atoms with van der Waals surface area (Å²) in [6.07, 6.45) is 0.991. The molecular formula is C21H23ClN2O3. The number of ether oxygens (including phenoxy) is 1. The van der Waals surface area contributed by atoms with Crippen molar-refractivity contribution < 1.29 is 14.3 Å². The maximum Gasteiger partial charge on any atom is 0.224 e. The highest BCUT2D eigenvalue weighted by molar-refractivity contribution is 6.31. The van der Waals surface area contributed by atoms with E-state index in [2.05, 4.69) is 16.7 Å². The summed E-state index contributed by atoms with van der Waals surface area (Å²) < 4.78 is 5.77. The van der Waals surface area contributed by atoms with Crippen LogP contribution in [-0.4, -0.2) is 25.0 Å². The smallest absolute Gasteiger partial charge is 0.224 e. The minimum Gasteiger partial charge on any atom is -0.371 e. The SMILES string of the molecule is Cc1ccc(NC(=O)CCC(=O)NCC2OCCc3ccccc32)cc1Cl. The molecule has 0 aromatic heterocycles. The first kappa shape index (κ1) is 19.4. The molecule has 1 aliphatic heterocycles. The van der Waals surface area contributed by atoms with Crippen LogP contribution in [0.4, 0.5) is 5.69 Å². The van der Waals surface area contributed by atoms with Gasteiger partial charge in [-0.05, 0) is 42.2 Å². The molecule has 0 radical (unpaired) electrons. The van der Waals surface area contributed by atoms with Crippen LogP contribution in [0.3, 0.4) is 0 Å². The molecule has 0 saturated heterocycles. The Morgan fingerprint density at radius 2 is 1.93 bits per heavy atom. The molecule has 0 bridgehead atoms. The molecule has 5 nitrogen and oxygen atoms in total. The highest BCUT2D eigenvalue weighted by Crippen LogP contribution is 2.26. The summed E-state index contributed by atoms with van der Waals surface area (Å²) >= 11 is 6.05. The lowest BCUT2D eigenvalue weighted by atomic mass is 9.97. The molecule has 0 fully saturated rings. The number of rotatable bonds is 6. The van der Waals surface area contributed by atoms with Crippen molar-refractivity contribution >= 4 is 29.1 Å². The number of carbonyl (C=O) groups excluding carboxylic acids is 2. The summed E-state index contributed by atoms with van der Waals surface area (Å²) in [4.78, 5) is 24.1. The molecule has 2 aromatic rings. The number of benzene rings is 2. The summed E-state index contributed by atoms with van der Waals surface area (Å²) in [6, 6.07) is 13.4. The van der Waals surface area contributed by atoms with Crippen molar-refractivity contribution in [3.8, 4) is 0 Å². The van der Waals surface area contributed by atoms with Crippen LogP contribution in [0.1, 0.15) is 35.6 Å². The van der Waals surface area contributed by atoms with Crippen molar-refractivity contribution in [2.24, 2.45) is 0 Å². The maximum atomic E-state index is 12.1. The van der Waals surface area contributed by atoms with Gasteiger partial charge in [-0.25, -0.2) is 0 Å². The second-order valence-electron chi connectivity index (χ2n) is 6.62. The van der Waals surface area contributed by atoms with E-state index in [0.29, 0.717) is 23.9 Å². The number of anilines is 1. The standard InChI is InChI=1S/C21H23ClN2O3/c1-14-6-7-16(12-18(14)22)24-21(26)9-8-20(25)23-13-19-17-5-3-2-4-15(17)10-11-27-19/h2-7,12,19H,8-11,13H2,1H3,(H,23,25)(H,24,26). The molecule has 1 atom stereocenters. The lowest BCUT2D eigenvalue weighted by Gasteiger charge is -2.26. The van der Waals surface area contributed by atoms with E-state index in [1.165, 1.54) is 5.56 Å². The van der Waals surface area contributed by atoms with E-state index in [-0.39, 0.29) is 30.8 Å². The molecule has 0 aliphatic carbocycles. The summed E-state index contributed by atoms with van der Waals surface area (Å²) in [7, 11) is 0. The van der Waals surface area contributed by atoms with Crippen molar-refractivity contribution in [2.75, 3.05) is 18.5 Å². The first-order valence-electron chi connectivity index (χ1n) is 9.05. The van der Waals surface area contributed by atoms with Gasteiger partial charge >= 0.3 is 0 Å². The summed E-state index contributed by atoms with van der Waals surface area (Å²) in [6.45, 7) is 2.96. The Morgan fingerprint density at radius 1 is 1.15 bits per heavy atom. The Labute approximate surface area is 164 Å². The Bertz CT molecular complexity index is 838. The largest absolute Gasteiger partial charge is 0.371 e. The zero-order chi connectivity index (χ0) is 19.2. The third-order valence-electron chi connectivity index (χ3n) is 4.61. The highest BCUT2D eigenvalue weighted by Gasteiger charge is 2.20. The van der Waals surface area contributed by atoms with Crippen molar-refractivity contribution in [1.29, 1.82) is 0 Å². The first-order chi connectivity index (χ1) is 13.0. The molecule has 2 amide bonds. The number of fused-ring (bicyclic) bond motifs is 1. The number of carbonyl (C=O) groups is 2. The molecule has 0 spiro atoms. The van der Waals surface area contributed by atoms with E-state index in [1.807, 2.05) is 31.2 Å². The van der Waals surface area contributed by atoms with Gasteiger partial charge in [0.25, 0.3) is 0 Å². The number of hydrogen-bond donors (Lipinski definition) is 2. The second kappa shape index (κ2) is 9.02. The molecular weight excluding hydrogens is 364 g/mol. The molecule has 27 heavy (non-hydrogen) atoms. The van der Waals surface area contributed by atoms with Gasteiger partial charge in [0.15, 0.2) is 0 Å². The molecule has 1 heterocycles. The third-order valence-corrected chi connectivity index (χ3v) is 5.02. The van der Waals surface area contributed by atoms with Crippen LogP contribution in [0.25, 0.3) is 0 Å². The van der Waals surface area contributed by atoms with Crippen LogP contribution >= 0.6 is 11.6 Å². The number of hydrogen-bond acceptors (Lipinski definition) is 3. The maximum absolute atomic E-state index is 12.1. The van der Waals surface area contributed by atoms with Gasteiger partial charge in [0.05, 0.1) is 6.61 Å². The summed E-state index contributed by atoms with van der Waals surface area (Å²) in [5, 5.41) is 6.22. The fourth-order valence-electron chi connectivity index (χ4n) is 3.06. The summed E-state index contributed by atoms with van der Waals surface area (Å²) in [5.41, 5.74) is 3.96. The minimum absolute atomic E-state index is 0.111. The van der Waals surface area contributed by atoms with E-state index in [9.17, 15) is 9.59 Å². The lowest BCUT2D eigenvalue weighted by Crippen LogP contribution is -2.32. The fourth-order valence-corrected chi connectivity index (χ4v) is 3.24. The molecule has 0 saturated carbocycles. The van der Waals surface area contributed by atoms with Gasteiger partial charge in [-0.1, -0.05) is 41.9 Å². The van der Waals surface area contributed by atoms with Gasteiger partial charge in [-0.3, -0.25) is 9.59 Å². The number of nitrogens with one attached hydrogen (secondary N) is 2. The topological polar surface area (TPSA) is 67.4 Å². The lowest BCUT2D eigenvalue weighted by molar-refractivity contribution is -0.124. The Balaban J connectivity index is 1.43. The normalized spacial score (nSPS) is 15.7. The molecule has 2 N–H and O–H groups in total. The number of amides is 2. The number of halogens is 1. The zero-order valence-corrected chi connectivity index (χ0v) is 16.0. The Morgan fingerprint density at radius 3 is 2.74 bits per heavy atom. The van der Waals surface area contributed by atoms with E-state index >= 15 is 0 Å². The average Bonchev–Trinajstić information content (AvgIpc) is 2.67. The second-order valence-corrected chi connectivity index (χ2v) is 7.03. The summed E-state index contributed by atoms with van der Waals surface area (Å²) in [5.74, 6) is -0.386. The van der Waals surface area contributed by atoms with Crippen LogP contribution < -0.4 is 10.6 Å². The molecule has 6 heteroatoms. The predicted octanol–water partition coefficient (Wildman–Crippen LogP) is 3.80. The quantitative estimate of drug-likeness (QED) is 0.793. The van der Waals surface area contributed by atoms with Crippen LogP contribution in [0.15, 0.2) is 42.5 Å². The monoisotopic (exact) mass is 386 g/mol. The van der Waals surface area contributed by atoms with Gasteiger partial charge in [-0.2, -0.15) is 0 Å². The third kappa shape index (κ3) is 5.31. The number of aryl methyl sites for hydroxylation is 1. The fraction of sp³-hybridized carbons (Fsp3) is 0.333. The van der Waals surface area contributed by atoms with Crippen molar-refractivity contribution in [2.45, 2.75) is 32.3 Å². The molecule has 2 aromatic carbocycles. The van der Waals surface area contributed by atoms with Crippen LogP contribution in [0.5, 0.6) is 0 Å². The van der Waals surface area contributed by atoms with Crippen LogP contribution in [0.2, 0.25) is 5.02 Å². The average molecular weight is 387 g/mol. The zero-order valence-electron chi connectivity index (χ0n) is 15.3. The Kier molecular flexibility index (Phi) is 6.48. The van der Waals surface area contributed by atoms with Crippen LogP contribution in [0, 0.1) is 6.92 Å². The van der Waals surface area contributed by atoms with Crippen molar-refractivity contribution in [3.63, 3.8) is 0 Å².